The van der Waals surface area contributed by atoms with Crippen LogP contribution in [0.1, 0.15) is 54.4 Å². The molecule has 2 nitrogen and oxygen atoms in total. The normalized spacial score (nSPS) is 28.3. The van der Waals surface area contributed by atoms with E-state index in [0.29, 0.717) is 6.04 Å². The van der Waals surface area contributed by atoms with Crippen molar-refractivity contribution in [3.63, 3.8) is 0 Å². The Labute approximate surface area is 102 Å². The van der Waals surface area contributed by atoms with Gasteiger partial charge < -0.3 is 5.32 Å². The molecule has 1 rings (SSSR count). The maximum atomic E-state index is 3.62. The number of hydrogen-bond donors (Lipinski definition) is 1. The van der Waals surface area contributed by atoms with E-state index in [4.69, 9.17) is 0 Å². The van der Waals surface area contributed by atoms with E-state index >= 15 is 0 Å². The molecule has 0 aromatic heterocycles. The van der Waals surface area contributed by atoms with Gasteiger partial charge in [0, 0.05) is 30.7 Å². The van der Waals surface area contributed by atoms with Crippen LogP contribution in [0, 0.1) is 5.92 Å². The SMILES string of the molecule is CC(C)CCC(C)N1CC(C)(C)NCC1C. The second kappa shape index (κ2) is 5.50. The van der Waals surface area contributed by atoms with Crippen LogP contribution in [0.4, 0.5) is 0 Å². The molecule has 96 valence electrons. The summed E-state index contributed by atoms with van der Waals surface area (Å²) in [5.41, 5.74) is 0.276. The molecule has 0 aromatic carbocycles. The molecule has 1 aliphatic rings. The number of hydrogen-bond acceptors (Lipinski definition) is 2. The molecule has 0 amide bonds. The molecule has 1 fully saturated rings. The van der Waals surface area contributed by atoms with Crippen LogP contribution in [-0.2, 0) is 0 Å². The molecule has 0 radical (unpaired) electrons. The molecule has 0 saturated carbocycles. The molecular formula is C14H30N2. The third-order valence-electron chi connectivity index (χ3n) is 3.75. The van der Waals surface area contributed by atoms with Crippen LogP contribution in [0.2, 0.25) is 0 Å². The molecule has 16 heavy (non-hydrogen) atoms. The van der Waals surface area contributed by atoms with Crippen molar-refractivity contribution in [1.82, 2.24) is 10.2 Å². The summed E-state index contributed by atoms with van der Waals surface area (Å²) in [6.07, 6.45) is 2.68. The summed E-state index contributed by atoms with van der Waals surface area (Å²) in [5, 5.41) is 3.62. The molecule has 0 spiro atoms. The van der Waals surface area contributed by atoms with Gasteiger partial charge in [-0.25, -0.2) is 0 Å². The van der Waals surface area contributed by atoms with Crippen molar-refractivity contribution in [3.8, 4) is 0 Å². The van der Waals surface area contributed by atoms with Crippen molar-refractivity contribution in [2.75, 3.05) is 13.1 Å². The predicted molar refractivity (Wildman–Crippen MR) is 71.8 cm³/mol. The maximum absolute atomic E-state index is 3.62. The number of rotatable bonds is 4. The fourth-order valence-electron chi connectivity index (χ4n) is 2.54. The molecule has 2 unspecified atom stereocenters. The van der Waals surface area contributed by atoms with Gasteiger partial charge in [-0.15, -0.1) is 0 Å². The average molecular weight is 226 g/mol. The zero-order chi connectivity index (χ0) is 12.3. The van der Waals surface area contributed by atoms with E-state index in [1.54, 1.807) is 0 Å². The third-order valence-corrected chi connectivity index (χ3v) is 3.75. The Balaban J connectivity index is 2.49. The largest absolute Gasteiger partial charge is 0.309 e. The van der Waals surface area contributed by atoms with E-state index < -0.39 is 0 Å². The molecule has 0 bridgehead atoms. The van der Waals surface area contributed by atoms with E-state index in [2.05, 4.69) is 51.8 Å². The Bertz CT molecular complexity index is 211. The van der Waals surface area contributed by atoms with Gasteiger partial charge in [-0.3, -0.25) is 4.90 Å². The Morgan fingerprint density at radius 3 is 2.44 bits per heavy atom. The van der Waals surface area contributed by atoms with Crippen LogP contribution >= 0.6 is 0 Å². The third kappa shape index (κ3) is 4.06. The van der Waals surface area contributed by atoms with Crippen molar-refractivity contribution in [2.45, 2.75) is 72.0 Å². The van der Waals surface area contributed by atoms with Crippen LogP contribution < -0.4 is 5.32 Å². The minimum atomic E-state index is 0.276. The lowest BCUT2D eigenvalue weighted by atomic mass is 9.95. The molecule has 0 aromatic rings. The zero-order valence-corrected chi connectivity index (χ0v) is 12.0. The van der Waals surface area contributed by atoms with Crippen molar-refractivity contribution in [2.24, 2.45) is 5.92 Å². The average Bonchev–Trinajstić information content (AvgIpc) is 2.18. The quantitative estimate of drug-likeness (QED) is 0.793. The molecule has 1 saturated heterocycles. The zero-order valence-electron chi connectivity index (χ0n) is 12.0. The van der Waals surface area contributed by atoms with Crippen molar-refractivity contribution >= 4 is 0 Å². The van der Waals surface area contributed by atoms with Crippen LogP contribution in [0.5, 0.6) is 0 Å². The number of nitrogens with zero attached hydrogens (tertiary/aromatic N) is 1. The minimum absolute atomic E-state index is 0.276. The van der Waals surface area contributed by atoms with Gasteiger partial charge in [0.15, 0.2) is 0 Å². The highest BCUT2D eigenvalue weighted by molar-refractivity contribution is 4.92. The maximum Gasteiger partial charge on any atom is 0.0253 e. The summed E-state index contributed by atoms with van der Waals surface area (Å²) in [6.45, 7) is 16.3. The Kier molecular flexibility index (Phi) is 4.81. The van der Waals surface area contributed by atoms with Gasteiger partial charge in [0.2, 0.25) is 0 Å². The molecule has 1 aliphatic heterocycles. The molecule has 2 atom stereocenters. The van der Waals surface area contributed by atoms with Crippen LogP contribution in [0.3, 0.4) is 0 Å². The topological polar surface area (TPSA) is 15.3 Å². The summed E-state index contributed by atoms with van der Waals surface area (Å²) in [7, 11) is 0. The Morgan fingerprint density at radius 2 is 1.88 bits per heavy atom. The van der Waals surface area contributed by atoms with Gasteiger partial charge in [-0.05, 0) is 46.5 Å². The van der Waals surface area contributed by atoms with E-state index in [9.17, 15) is 0 Å². The summed E-state index contributed by atoms with van der Waals surface area (Å²) in [6, 6.07) is 1.40. The molecule has 2 heteroatoms. The standard InChI is InChI=1S/C14H30N2/c1-11(2)7-8-12(3)16-10-14(5,6)15-9-13(16)4/h11-13,15H,7-10H2,1-6H3. The summed E-state index contributed by atoms with van der Waals surface area (Å²) in [5.74, 6) is 0.827. The fourth-order valence-corrected chi connectivity index (χ4v) is 2.54. The van der Waals surface area contributed by atoms with E-state index in [-0.39, 0.29) is 5.54 Å². The molecule has 1 heterocycles. The smallest absolute Gasteiger partial charge is 0.0253 e. The lowest BCUT2D eigenvalue weighted by Gasteiger charge is -2.46. The van der Waals surface area contributed by atoms with Crippen molar-refractivity contribution in [3.05, 3.63) is 0 Å². The molecule has 1 N–H and O–H groups in total. The highest BCUT2D eigenvalue weighted by atomic mass is 15.3. The van der Waals surface area contributed by atoms with Gasteiger partial charge in [0.25, 0.3) is 0 Å². The van der Waals surface area contributed by atoms with Crippen LogP contribution in [0.15, 0.2) is 0 Å². The monoisotopic (exact) mass is 226 g/mol. The number of nitrogens with one attached hydrogen (secondary N) is 1. The van der Waals surface area contributed by atoms with Gasteiger partial charge in [-0.2, -0.15) is 0 Å². The summed E-state index contributed by atoms with van der Waals surface area (Å²) < 4.78 is 0. The Hall–Kier alpha value is -0.0800. The first-order chi connectivity index (χ1) is 7.32. The molecular weight excluding hydrogens is 196 g/mol. The molecule has 0 aliphatic carbocycles. The summed E-state index contributed by atoms with van der Waals surface area (Å²) in [4.78, 5) is 2.68. The minimum Gasteiger partial charge on any atom is -0.309 e. The van der Waals surface area contributed by atoms with Gasteiger partial charge in [0.1, 0.15) is 0 Å². The lowest BCUT2D eigenvalue weighted by Crippen LogP contribution is -2.62. The van der Waals surface area contributed by atoms with Crippen molar-refractivity contribution in [1.29, 1.82) is 0 Å². The first-order valence-corrected chi connectivity index (χ1v) is 6.82. The number of piperazine rings is 1. The highest BCUT2D eigenvalue weighted by Gasteiger charge is 2.32. The van der Waals surface area contributed by atoms with E-state index in [0.717, 1.165) is 18.5 Å². The fraction of sp³-hybridized carbons (Fsp3) is 1.00. The first kappa shape index (κ1) is 14.0. The first-order valence-electron chi connectivity index (χ1n) is 6.82. The predicted octanol–water partition coefficient (Wildman–Crippen LogP) is 2.88. The van der Waals surface area contributed by atoms with Crippen LogP contribution in [0.25, 0.3) is 0 Å². The van der Waals surface area contributed by atoms with Gasteiger partial charge >= 0.3 is 0 Å². The Morgan fingerprint density at radius 1 is 1.25 bits per heavy atom. The van der Waals surface area contributed by atoms with Crippen LogP contribution in [-0.4, -0.2) is 35.6 Å². The highest BCUT2D eigenvalue weighted by Crippen LogP contribution is 2.21. The van der Waals surface area contributed by atoms with Gasteiger partial charge in [0.05, 0.1) is 0 Å². The van der Waals surface area contributed by atoms with E-state index in [1.165, 1.54) is 19.4 Å². The summed E-state index contributed by atoms with van der Waals surface area (Å²) >= 11 is 0. The van der Waals surface area contributed by atoms with Gasteiger partial charge in [-0.1, -0.05) is 13.8 Å². The van der Waals surface area contributed by atoms with Crippen molar-refractivity contribution < 1.29 is 0 Å². The second-order valence-corrected chi connectivity index (χ2v) is 6.61. The lowest BCUT2D eigenvalue weighted by molar-refractivity contribution is 0.0635. The van der Waals surface area contributed by atoms with E-state index in [1.807, 2.05) is 0 Å². The second-order valence-electron chi connectivity index (χ2n) is 6.61.